The van der Waals surface area contributed by atoms with Crippen molar-refractivity contribution in [3.8, 4) is 0 Å². The second-order valence-electron chi connectivity index (χ2n) is 6.14. The van der Waals surface area contributed by atoms with Gasteiger partial charge >= 0.3 is 0 Å². The van der Waals surface area contributed by atoms with E-state index in [1.165, 1.54) is 16.4 Å². The summed E-state index contributed by atoms with van der Waals surface area (Å²) < 4.78 is 31.6. The van der Waals surface area contributed by atoms with Crippen molar-refractivity contribution in [2.75, 3.05) is 26.3 Å². The molecule has 1 aromatic rings. The maximum atomic E-state index is 12.5. The van der Waals surface area contributed by atoms with Gasteiger partial charge in [-0.05, 0) is 49.9 Å². The van der Waals surface area contributed by atoms with Crippen LogP contribution in [0.3, 0.4) is 0 Å². The number of benzene rings is 1. The largest absolute Gasteiger partial charge is 0.379 e. The number of nitrogens with one attached hydrogen (secondary N) is 1. The minimum absolute atomic E-state index is 0.153. The fourth-order valence-electron chi connectivity index (χ4n) is 2.72. The molecule has 1 aliphatic heterocycles. The van der Waals surface area contributed by atoms with Gasteiger partial charge in [-0.15, -0.1) is 0 Å². The third-order valence-corrected chi connectivity index (χ3v) is 6.33. The van der Waals surface area contributed by atoms with Crippen molar-refractivity contribution in [2.24, 2.45) is 5.92 Å². The highest BCUT2D eigenvalue weighted by Crippen LogP contribution is 2.32. The molecule has 0 radical (unpaired) electrons. The van der Waals surface area contributed by atoms with E-state index in [9.17, 15) is 13.2 Å². The number of carbonyl (C=O) groups excluding carboxylic acids is 1. The first-order chi connectivity index (χ1) is 11.0. The van der Waals surface area contributed by atoms with Crippen LogP contribution in [-0.4, -0.2) is 51.0 Å². The fourth-order valence-corrected chi connectivity index (χ4v) is 4.13. The number of hydrogen-bond donors (Lipinski definition) is 1. The highest BCUT2D eigenvalue weighted by Gasteiger charge is 2.29. The van der Waals surface area contributed by atoms with Crippen molar-refractivity contribution in [1.29, 1.82) is 0 Å². The molecule has 0 bridgehead atoms. The van der Waals surface area contributed by atoms with Crippen LogP contribution in [0.1, 0.15) is 30.1 Å². The molecule has 1 aromatic carbocycles. The molecule has 0 spiro atoms. The second kappa shape index (κ2) is 6.59. The molecule has 126 valence electrons. The van der Waals surface area contributed by atoms with Crippen molar-refractivity contribution >= 4 is 15.9 Å². The van der Waals surface area contributed by atoms with Crippen LogP contribution in [0.15, 0.2) is 29.2 Å². The van der Waals surface area contributed by atoms with Crippen molar-refractivity contribution in [3.05, 3.63) is 29.8 Å². The van der Waals surface area contributed by atoms with E-state index in [1.54, 1.807) is 12.1 Å². The molecule has 1 saturated heterocycles. The van der Waals surface area contributed by atoms with Gasteiger partial charge in [0.05, 0.1) is 18.1 Å². The maximum Gasteiger partial charge on any atom is 0.251 e. The normalized spacial score (nSPS) is 20.9. The lowest BCUT2D eigenvalue weighted by Crippen LogP contribution is -2.40. The van der Waals surface area contributed by atoms with Crippen LogP contribution in [0.4, 0.5) is 0 Å². The van der Waals surface area contributed by atoms with Gasteiger partial charge < -0.3 is 10.1 Å². The van der Waals surface area contributed by atoms with E-state index in [4.69, 9.17) is 4.74 Å². The molecule has 23 heavy (non-hydrogen) atoms. The molecule has 1 N–H and O–H groups in total. The third-order valence-electron chi connectivity index (χ3n) is 4.41. The van der Waals surface area contributed by atoms with Gasteiger partial charge in [0.25, 0.3) is 5.91 Å². The Morgan fingerprint density at radius 1 is 1.22 bits per heavy atom. The summed E-state index contributed by atoms with van der Waals surface area (Å²) in [5, 5.41) is 2.96. The van der Waals surface area contributed by atoms with Crippen LogP contribution < -0.4 is 5.32 Å². The minimum Gasteiger partial charge on any atom is -0.379 e. The predicted octanol–water partition coefficient (Wildman–Crippen LogP) is 1.24. The van der Waals surface area contributed by atoms with E-state index in [2.05, 4.69) is 5.32 Å². The number of morpholine rings is 1. The Labute approximate surface area is 136 Å². The lowest BCUT2D eigenvalue weighted by molar-refractivity contribution is 0.0730. The molecule has 6 nitrogen and oxygen atoms in total. The highest BCUT2D eigenvalue weighted by molar-refractivity contribution is 7.89. The van der Waals surface area contributed by atoms with Crippen LogP contribution >= 0.6 is 0 Å². The van der Waals surface area contributed by atoms with Crippen LogP contribution in [0.25, 0.3) is 0 Å². The number of sulfonamides is 1. The molecule has 2 fully saturated rings. The Morgan fingerprint density at radius 2 is 1.83 bits per heavy atom. The molecule has 0 unspecified atom stereocenters. The molecule has 1 aliphatic carbocycles. The van der Waals surface area contributed by atoms with Crippen LogP contribution in [0.2, 0.25) is 0 Å². The number of hydrogen-bond acceptors (Lipinski definition) is 4. The van der Waals surface area contributed by atoms with E-state index in [-0.39, 0.29) is 16.8 Å². The highest BCUT2D eigenvalue weighted by atomic mass is 32.2. The van der Waals surface area contributed by atoms with Gasteiger partial charge in [-0.1, -0.05) is 0 Å². The zero-order chi connectivity index (χ0) is 16.4. The summed E-state index contributed by atoms with van der Waals surface area (Å²) in [4.78, 5) is 12.4. The molecule has 1 amide bonds. The number of amides is 1. The Balaban J connectivity index is 1.69. The van der Waals surface area contributed by atoms with Gasteiger partial charge in [0.1, 0.15) is 0 Å². The summed E-state index contributed by atoms with van der Waals surface area (Å²) in [6.07, 6.45) is 2.33. The van der Waals surface area contributed by atoms with E-state index in [0.717, 1.165) is 12.8 Å². The monoisotopic (exact) mass is 338 g/mol. The Kier molecular flexibility index (Phi) is 4.70. The molecular formula is C16H22N2O4S. The molecule has 7 heteroatoms. The zero-order valence-corrected chi connectivity index (χ0v) is 14.0. The average molecular weight is 338 g/mol. The first kappa shape index (κ1) is 16.4. The van der Waals surface area contributed by atoms with Crippen molar-refractivity contribution in [2.45, 2.75) is 30.7 Å². The molecule has 2 aliphatic rings. The standard InChI is InChI=1S/C16H22N2O4S/c1-12(13-2-3-13)17-16(19)14-4-6-15(7-5-14)23(20,21)18-8-10-22-11-9-18/h4-7,12-13H,2-3,8-11H2,1H3,(H,17,19)/t12-/m0/s1. The quantitative estimate of drug-likeness (QED) is 0.876. The number of ether oxygens (including phenoxy) is 1. The van der Waals surface area contributed by atoms with E-state index >= 15 is 0 Å². The topological polar surface area (TPSA) is 75.7 Å². The number of nitrogens with zero attached hydrogens (tertiary/aromatic N) is 1. The summed E-state index contributed by atoms with van der Waals surface area (Å²) in [6, 6.07) is 6.31. The van der Waals surface area contributed by atoms with Crippen molar-refractivity contribution < 1.29 is 17.9 Å². The summed E-state index contributed by atoms with van der Waals surface area (Å²) in [5.74, 6) is 0.430. The van der Waals surface area contributed by atoms with Crippen LogP contribution in [0.5, 0.6) is 0 Å². The maximum absolute atomic E-state index is 12.5. The lowest BCUT2D eigenvalue weighted by Gasteiger charge is -2.26. The fraction of sp³-hybridized carbons (Fsp3) is 0.562. The Morgan fingerprint density at radius 3 is 2.39 bits per heavy atom. The third kappa shape index (κ3) is 3.73. The SMILES string of the molecule is C[C@H](NC(=O)c1ccc(S(=O)(=O)N2CCOCC2)cc1)C1CC1. The van der Waals surface area contributed by atoms with Gasteiger partial charge in [-0.3, -0.25) is 4.79 Å². The van der Waals surface area contributed by atoms with Crippen LogP contribution in [0, 0.1) is 5.92 Å². The predicted molar refractivity (Wildman–Crippen MR) is 85.7 cm³/mol. The molecular weight excluding hydrogens is 316 g/mol. The minimum atomic E-state index is -3.51. The Bertz CT molecular complexity index is 662. The summed E-state index contributed by atoms with van der Waals surface area (Å²) in [5.41, 5.74) is 0.485. The summed E-state index contributed by atoms with van der Waals surface area (Å²) >= 11 is 0. The first-order valence-electron chi connectivity index (χ1n) is 7.97. The number of rotatable bonds is 5. The molecule has 0 aromatic heterocycles. The average Bonchev–Trinajstić information content (AvgIpc) is 3.41. The van der Waals surface area contributed by atoms with E-state index < -0.39 is 10.0 Å². The van der Waals surface area contributed by atoms with Gasteiger partial charge in [-0.2, -0.15) is 4.31 Å². The van der Waals surface area contributed by atoms with Crippen molar-refractivity contribution in [1.82, 2.24) is 9.62 Å². The van der Waals surface area contributed by atoms with Gasteiger partial charge in [0.2, 0.25) is 10.0 Å². The summed E-state index contributed by atoms with van der Waals surface area (Å²) in [6.45, 7) is 3.57. The first-order valence-corrected chi connectivity index (χ1v) is 9.41. The van der Waals surface area contributed by atoms with Gasteiger partial charge in [-0.25, -0.2) is 8.42 Å². The summed E-state index contributed by atoms with van der Waals surface area (Å²) in [7, 11) is -3.51. The number of carbonyl (C=O) groups is 1. The lowest BCUT2D eigenvalue weighted by atomic mass is 10.1. The molecule has 1 atom stereocenters. The molecule has 1 heterocycles. The van der Waals surface area contributed by atoms with Crippen LogP contribution in [-0.2, 0) is 14.8 Å². The van der Waals surface area contributed by atoms with Crippen molar-refractivity contribution in [3.63, 3.8) is 0 Å². The van der Waals surface area contributed by atoms with E-state index in [1.807, 2.05) is 6.92 Å². The smallest absolute Gasteiger partial charge is 0.251 e. The Hall–Kier alpha value is -1.44. The zero-order valence-electron chi connectivity index (χ0n) is 13.2. The molecule has 3 rings (SSSR count). The second-order valence-corrected chi connectivity index (χ2v) is 8.08. The molecule has 1 saturated carbocycles. The van der Waals surface area contributed by atoms with Gasteiger partial charge in [0.15, 0.2) is 0 Å². The van der Waals surface area contributed by atoms with E-state index in [0.29, 0.717) is 37.8 Å². The van der Waals surface area contributed by atoms with Gasteiger partial charge in [0, 0.05) is 24.7 Å².